The molecule has 30 heavy (non-hydrogen) atoms. The summed E-state index contributed by atoms with van der Waals surface area (Å²) in [5.41, 5.74) is -1.43. The first kappa shape index (κ1) is 23.3. The Morgan fingerprint density at radius 1 is 0.833 bits per heavy atom. The first-order valence-electron chi connectivity index (χ1n) is 11.5. The van der Waals surface area contributed by atoms with E-state index in [4.69, 9.17) is 0 Å². The van der Waals surface area contributed by atoms with E-state index in [-0.39, 0.29) is 5.92 Å². The van der Waals surface area contributed by atoms with Crippen LogP contribution in [-0.4, -0.2) is 0 Å². The monoisotopic (exact) mass is 428 g/mol. The van der Waals surface area contributed by atoms with Gasteiger partial charge in [0.15, 0.2) is 0 Å². The third kappa shape index (κ3) is 6.07. The van der Waals surface area contributed by atoms with E-state index in [1.54, 1.807) is 0 Å². The van der Waals surface area contributed by atoms with Crippen molar-refractivity contribution in [3.8, 4) is 0 Å². The molecule has 0 spiro atoms. The van der Waals surface area contributed by atoms with Gasteiger partial charge in [0.1, 0.15) is 17.2 Å². The molecule has 0 amide bonds. The zero-order chi connectivity index (χ0) is 21.7. The minimum Gasteiger partial charge on any atom is -0.206 e. The van der Waals surface area contributed by atoms with Gasteiger partial charge in [0, 0.05) is 0 Å². The molecule has 2 fully saturated rings. The van der Waals surface area contributed by atoms with E-state index in [9.17, 15) is 22.0 Å². The summed E-state index contributed by atoms with van der Waals surface area (Å²) in [7, 11) is 0. The van der Waals surface area contributed by atoms with Gasteiger partial charge in [0.25, 0.3) is 0 Å². The molecule has 0 aliphatic heterocycles. The van der Waals surface area contributed by atoms with Crippen molar-refractivity contribution in [2.75, 3.05) is 0 Å². The molecule has 168 valence electrons. The number of unbranched alkanes of at least 4 members (excludes halogenated alkanes) is 1. The van der Waals surface area contributed by atoms with Gasteiger partial charge >= 0.3 is 6.18 Å². The Labute approximate surface area is 176 Å². The molecule has 0 radical (unpaired) electrons. The second-order valence-corrected chi connectivity index (χ2v) is 9.28. The van der Waals surface area contributed by atoms with Crippen molar-refractivity contribution in [2.24, 2.45) is 17.8 Å². The summed E-state index contributed by atoms with van der Waals surface area (Å²) in [6.07, 6.45) is 12.2. The Balaban J connectivity index is 1.49. The Bertz CT molecular complexity index is 682. The molecule has 1 aromatic rings. The van der Waals surface area contributed by atoms with Crippen molar-refractivity contribution < 1.29 is 22.0 Å². The van der Waals surface area contributed by atoms with Crippen LogP contribution in [0.2, 0.25) is 0 Å². The molecular formula is C25H33F5. The summed E-state index contributed by atoms with van der Waals surface area (Å²) in [6.45, 7) is 2.24. The fraction of sp³-hybridized carbons (Fsp3) is 0.680. The second-order valence-electron chi connectivity index (χ2n) is 9.28. The highest BCUT2D eigenvalue weighted by atomic mass is 19.4. The van der Waals surface area contributed by atoms with Gasteiger partial charge in [-0.3, -0.25) is 0 Å². The van der Waals surface area contributed by atoms with E-state index in [2.05, 4.69) is 19.1 Å². The molecule has 0 aromatic heterocycles. The SMILES string of the molecule is CCCCC1CCC(/C=C/C2CCC(c3cc(F)c(C(F)(F)F)c(F)c3)CC2)CC1. The standard InChI is InChI=1S/C25H33F5/c1-2-3-4-17-5-7-18(8-6-17)9-10-19-11-13-20(14-12-19)21-15-22(26)24(23(27)16-21)25(28,29)30/h9-10,15-20H,2-8,11-14H2,1H3/b10-9+. The van der Waals surface area contributed by atoms with Gasteiger partial charge in [-0.25, -0.2) is 8.78 Å². The van der Waals surface area contributed by atoms with E-state index in [0.717, 1.165) is 43.7 Å². The summed E-state index contributed by atoms with van der Waals surface area (Å²) in [5.74, 6) is -1.06. The van der Waals surface area contributed by atoms with Crippen molar-refractivity contribution >= 4 is 0 Å². The molecule has 2 saturated carbocycles. The van der Waals surface area contributed by atoms with Gasteiger partial charge in [-0.1, -0.05) is 38.3 Å². The summed E-state index contributed by atoms with van der Waals surface area (Å²) < 4.78 is 66.1. The van der Waals surface area contributed by atoms with E-state index in [1.165, 1.54) is 44.9 Å². The van der Waals surface area contributed by atoms with E-state index < -0.39 is 23.4 Å². The third-order valence-corrected chi connectivity index (χ3v) is 7.10. The number of alkyl halides is 3. The zero-order valence-corrected chi connectivity index (χ0v) is 17.8. The second kappa shape index (κ2) is 10.3. The minimum atomic E-state index is -5.01. The van der Waals surface area contributed by atoms with Crippen LogP contribution in [-0.2, 0) is 6.18 Å². The fourth-order valence-electron chi connectivity index (χ4n) is 5.22. The summed E-state index contributed by atoms with van der Waals surface area (Å²) in [5, 5.41) is 0. The first-order valence-corrected chi connectivity index (χ1v) is 11.5. The van der Waals surface area contributed by atoms with Crippen LogP contribution in [0.15, 0.2) is 24.3 Å². The predicted octanol–water partition coefficient (Wildman–Crippen LogP) is 8.81. The highest BCUT2D eigenvalue weighted by molar-refractivity contribution is 5.31. The number of benzene rings is 1. The number of hydrogen-bond acceptors (Lipinski definition) is 0. The highest BCUT2D eigenvalue weighted by Gasteiger charge is 2.38. The maximum atomic E-state index is 13.9. The van der Waals surface area contributed by atoms with Crippen LogP contribution >= 0.6 is 0 Å². The Morgan fingerprint density at radius 2 is 1.33 bits per heavy atom. The van der Waals surface area contributed by atoms with Crippen molar-refractivity contribution in [3.05, 3.63) is 47.0 Å². The van der Waals surface area contributed by atoms with Crippen LogP contribution in [0.4, 0.5) is 22.0 Å². The van der Waals surface area contributed by atoms with E-state index in [0.29, 0.717) is 17.4 Å². The molecule has 0 bridgehead atoms. The summed E-state index contributed by atoms with van der Waals surface area (Å²) in [4.78, 5) is 0. The molecule has 2 aliphatic carbocycles. The lowest BCUT2D eigenvalue weighted by Crippen LogP contribution is -2.16. The van der Waals surface area contributed by atoms with Gasteiger partial charge in [-0.2, -0.15) is 13.2 Å². The normalized spacial score (nSPS) is 28.2. The average Bonchev–Trinajstić information content (AvgIpc) is 2.70. The van der Waals surface area contributed by atoms with E-state index in [1.807, 2.05) is 0 Å². The van der Waals surface area contributed by atoms with Gasteiger partial charge in [0.05, 0.1) is 0 Å². The van der Waals surface area contributed by atoms with Crippen LogP contribution in [0.3, 0.4) is 0 Å². The van der Waals surface area contributed by atoms with Gasteiger partial charge < -0.3 is 0 Å². The van der Waals surface area contributed by atoms with Gasteiger partial charge in [-0.15, -0.1) is 0 Å². The van der Waals surface area contributed by atoms with Crippen LogP contribution in [0, 0.1) is 29.4 Å². The van der Waals surface area contributed by atoms with Crippen LogP contribution < -0.4 is 0 Å². The van der Waals surface area contributed by atoms with Crippen molar-refractivity contribution in [2.45, 2.75) is 89.6 Å². The number of allylic oxidation sites excluding steroid dienone is 2. The molecule has 0 saturated heterocycles. The van der Waals surface area contributed by atoms with Crippen molar-refractivity contribution in [3.63, 3.8) is 0 Å². The lowest BCUT2D eigenvalue weighted by Gasteiger charge is -2.29. The van der Waals surface area contributed by atoms with E-state index >= 15 is 0 Å². The molecule has 2 aliphatic rings. The molecule has 3 rings (SSSR count). The largest absolute Gasteiger partial charge is 0.422 e. The van der Waals surface area contributed by atoms with Gasteiger partial charge in [0.2, 0.25) is 0 Å². The predicted molar refractivity (Wildman–Crippen MR) is 110 cm³/mol. The van der Waals surface area contributed by atoms with Crippen LogP contribution in [0.25, 0.3) is 0 Å². The number of hydrogen-bond donors (Lipinski definition) is 0. The maximum Gasteiger partial charge on any atom is 0.422 e. The van der Waals surface area contributed by atoms with Crippen LogP contribution in [0.5, 0.6) is 0 Å². The minimum absolute atomic E-state index is 0.0741. The molecule has 0 heterocycles. The zero-order valence-electron chi connectivity index (χ0n) is 17.8. The van der Waals surface area contributed by atoms with Crippen molar-refractivity contribution in [1.29, 1.82) is 0 Å². The Morgan fingerprint density at radius 3 is 1.80 bits per heavy atom. The molecular weight excluding hydrogens is 395 g/mol. The quantitative estimate of drug-likeness (QED) is 0.314. The Hall–Kier alpha value is -1.39. The fourth-order valence-corrected chi connectivity index (χ4v) is 5.22. The molecule has 0 nitrogen and oxygen atoms in total. The third-order valence-electron chi connectivity index (χ3n) is 7.10. The smallest absolute Gasteiger partial charge is 0.206 e. The topological polar surface area (TPSA) is 0 Å². The molecule has 0 atom stereocenters. The Kier molecular flexibility index (Phi) is 7.98. The number of halogens is 5. The molecule has 5 heteroatoms. The summed E-state index contributed by atoms with van der Waals surface area (Å²) >= 11 is 0. The van der Waals surface area contributed by atoms with Gasteiger partial charge in [-0.05, 0) is 92.7 Å². The van der Waals surface area contributed by atoms with Crippen LogP contribution in [0.1, 0.15) is 94.6 Å². The average molecular weight is 429 g/mol. The summed E-state index contributed by atoms with van der Waals surface area (Å²) in [6, 6.07) is 1.76. The lowest BCUT2D eigenvalue weighted by atomic mass is 9.76. The number of rotatable bonds is 6. The van der Waals surface area contributed by atoms with Crippen molar-refractivity contribution in [1.82, 2.24) is 0 Å². The maximum absolute atomic E-state index is 13.9. The first-order chi connectivity index (χ1) is 14.3. The highest BCUT2D eigenvalue weighted by Crippen LogP contribution is 2.40. The molecule has 0 unspecified atom stereocenters. The lowest BCUT2D eigenvalue weighted by molar-refractivity contribution is -0.142. The molecule has 0 N–H and O–H groups in total. The molecule has 1 aromatic carbocycles.